The van der Waals surface area contributed by atoms with Crippen molar-refractivity contribution in [2.45, 2.75) is 25.3 Å². The lowest BCUT2D eigenvalue weighted by Gasteiger charge is -2.09. The fraction of sp³-hybridized carbons (Fsp3) is 0.190. The number of carbonyl (C=O) groups is 1. The molecule has 3 aromatic heterocycles. The van der Waals surface area contributed by atoms with Crippen LogP contribution in [0.15, 0.2) is 47.0 Å². The van der Waals surface area contributed by atoms with E-state index in [1.807, 2.05) is 45.0 Å². The van der Waals surface area contributed by atoms with E-state index in [1.165, 1.54) is 11.3 Å². The van der Waals surface area contributed by atoms with Crippen LogP contribution < -0.4 is 0 Å². The number of carbonyl (C=O) groups excluding carboxylic acids is 1. The van der Waals surface area contributed by atoms with Crippen molar-refractivity contribution >= 4 is 45.5 Å². The molecule has 0 aliphatic carbocycles. The minimum absolute atomic E-state index is 0.0288. The smallest absolute Gasteiger partial charge is 0.210 e. The highest BCUT2D eigenvalue weighted by Gasteiger charge is 2.32. The first-order chi connectivity index (χ1) is 13.2. The molecule has 4 rings (SSSR count). The van der Waals surface area contributed by atoms with E-state index < -0.39 is 0 Å². The zero-order valence-electron chi connectivity index (χ0n) is 14.5. The second-order valence-electron chi connectivity index (χ2n) is 6.37. The van der Waals surface area contributed by atoms with Gasteiger partial charge in [0.2, 0.25) is 5.78 Å². The van der Waals surface area contributed by atoms with Gasteiger partial charge < -0.3 is 4.57 Å². The van der Waals surface area contributed by atoms with Gasteiger partial charge in [-0.1, -0.05) is 18.3 Å². The van der Waals surface area contributed by atoms with Gasteiger partial charge in [0, 0.05) is 45.6 Å². The van der Waals surface area contributed by atoms with Crippen LogP contribution in [0.4, 0.5) is 0 Å². The lowest BCUT2D eigenvalue weighted by molar-refractivity contribution is 0.103. The maximum absolute atomic E-state index is 13.3. The number of aromatic nitrogens is 1. The van der Waals surface area contributed by atoms with Crippen molar-refractivity contribution in [2.75, 3.05) is 0 Å². The van der Waals surface area contributed by atoms with Crippen molar-refractivity contribution in [3.8, 4) is 6.07 Å². The summed E-state index contributed by atoms with van der Waals surface area (Å²) in [7, 11) is 0. The predicted molar refractivity (Wildman–Crippen MR) is 114 cm³/mol. The average Bonchev–Trinajstić information content (AvgIpc) is 3.43. The largest absolute Gasteiger partial charge is 0.340 e. The van der Waals surface area contributed by atoms with Crippen molar-refractivity contribution < 1.29 is 4.79 Å². The molecule has 0 saturated carbocycles. The third-order valence-electron chi connectivity index (χ3n) is 4.85. The molecule has 3 aromatic rings. The molecule has 0 spiro atoms. The van der Waals surface area contributed by atoms with Crippen molar-refractivity contribution in [3.05, 3.63) is 79.9 Å². The van der Waals surface area contributed by atoms with Crippen LogP contribution in [-0.2, 0) is 13.0 Å². The Hall–Kier alpha value is -2.33. The quantitative estimate of drug-likeness (QED) is 0.314. The lowest BCUT2D eigenvalue weighted by Crippen LogP contribution is -2.14. The zero-order valence-corrected chi connectivity index (χ0v) is 16.9. The first-order valence-corrected chi connectivity index (χ1v) is 10.8. The summed E-state index contributed by atoms with van der Waals surface area (Å²) in [6.45, 7) is 4.49. The molecule has 134 valence electrons. The molecule has 0 radical (unpaired) electrons. The molecular weight excluding hydrogens is 392 g/mol. The fourth-order valence-electron chi connectivity index (χ4n) is 3.56. The van der Waals surface area contributed by atoms with Crippen LogP contribution in [0.25, 0.3) is 0 Å². The van der Waals surface area contributed by atoms with Gasteiger partial charge in [0.25, 0.3) is 0 Å². The normalized spacial score (nSPS) is 15.3. The molecule has 1 atom stereocenters. The Morgan fingerprint density at radius 3 is 2.96 bits per heavy atom. The Labute approximate surface area is 171 Å². The first-order valence-electron chi connectivity index (χ1n) is 8.57. The molecule has 4 heterocycles. The highest BCUT2D eigenvalue weighted by molar-refractivity contribution is 7.81. The van der Waals surface area contributed by atoms with Crippen LogP contribution in [0.5, 0.6) is 0 Å². The second kappa shape index (κ2) is 7.35. The monoisotopic (exact) mass is 408 g/mol. The van der Waals surface area contributed by atoms with Crippen molar-refractivity contribution in [1.29, 1.82) is 5.26 Å². The fourth-order valence-corrected chi connectivity index (χ4v) is 5.49. The summed E-state index contributed by atoms with van der Waals surface area (Å²) in [5, 5.41) is 15.3. The molecule has 1 unspecified atom stereocenters. The number of hydrogen-bond donors (Lipinski definition) is 0. The number of thiophene rings is 2. The van der Waals surface area contributed by atoms with Crippen LogP contribution in [0.3, 0.4) is 0 Å². The Balaban J connectivity index is 1.86. The summed E-state index contributed by atoms with van der Waals surface area (Å²) in [4.78, 5) is 15.1. The molecule has 0 saturated heterocycles. The minimum atomic E-state index is -0.189. The Bertz CT molecular complexity index is 1080. The molecule has 0 aromatic carbocycles. The minimum Gasteiger partial charge on any atom is -0.340 e. The molecule has 0 amide bonds. The van der Waals surface area contributed by atoms with E-state index in [0.717, 1.165) is 34.5 Å². The molecule has 0 bridgehead atoms. The van der Waals surface area contributed by atoms with E-state index >= 15 is 0 Å². The van der Waals surface area contributed by atoms with Gasteiger partial charge in [0.15, 0.2) is 0 Å². The number of hydrogen-bond acceptors (Lipinski definition) is 5. The Kier molecular flexibility index (Phi) is 4.92. The lowest BCUT2D eigenvalue weighted by atomic mass is 9.99. The molecule has 1 aliphatic rings. The number of fused-ring (bicyclic) bond motifs is 1. The third-order valence-corrected chi connectivity index (χ3v) is 6.91. The molecule has 6 heteroatoms. The summed E-state index contributed by atoms with van der Waals surface area (Å²) in [6, 6.07) is 8.16. The van der Waals surface area contributed by atoms with Gasteiger partial charge in [-0.25, -0.2) is 0 Å². The number of nitriles is 1. The van der Waals surface area contributed by atoms with Crippen LogP contribution in [0.1, 0.15) is 50.1 Å². The zero-order chi connectivity index (χ0) is 19.0. The maximum Gasteiger partial charge on any atom is 0.210 e. The van der Waals surface area contributed by atoms with Crippen LogP contribution in [0.2, 0.25) is 0 Å². The van der Waals surface area contributed by atoms with E-state index in [4.69, 9.17) is 12.2 Å². The average molecular weight is 409 g/mol. The summed E-state index contributed by atoms with van der Waals surface area (Å²) < 4.78 is 2.00. The van der Waals surface area contributed by atoms with Gasteiger partial charge in [0.05, 0.1) is 22.5 Å². The molecule has 0 fully saturated rings. The van der Waals surface area contributed by atoms with Gasteiger partial charge >= 0.3 is 0 Å². The number of rotatable bonds is 6. The van der Waals surface area contributed by atoms with E-state index in [0.29, 0.717) is 22.7 Å². The summed E-state index contributed by atoms with van der Waals surface area (Å²) in [5.74, 6) is -0.218. The number of allylic oxidation sites excluding steroid dienone is 1. The maximum atomic E-state index is 13.3. The van der Waals surface area contributed by atoms with Crippen LogP contribution in [-0.4, -0.2) is 15.2 Å². The standard InChI is InChI=1S/C21H16N2OS3/c1-2-3-18-15(6-9-27-18)21(25)16-10-17-13(11-22)4-7-23(17)19(16)20(24)14-5-8-26-12-14/h2,5-6,8-10,12-13H,1,3-4,7H2. The van der Waals surface area contributed by atoms with Gasteiger partial charge in [-0.05, 0) is 35.4 Å². The molecular formula is C21H16N2OS3. The summed E-state index contributed by atoms with van der Waals surface area (Å²) in [5.41, 5.74) is 3.92. The van der Waals surface area contributed by atoms with Gasteiger partial charge in [-0.2, -0.15) is 16.6 Å². The predicted octanol–water partition coefficient (Wildman–Crippen LogP) is 5.35. The number of thiocarbonyl (C=S) groups is 1. The van der Waals surface area contributed by atoms with Gasteiger partial charge in [-0.3, -0.25) is 4.79 Å². The van der Waals surface area contributed by atoms with Gasteiger partial charge in [-0.15, -0.1) is 17.9 Å². The number of nitrogens with zero attached hydrogens (tertiary/aromatic N) is 2. The first kappa shape index (κ1) is 18.1. The number of ketones is 1. The van der Waals surface area contributed by atoms with E-state index in [1.54, 1.807) is 11.3 Å². The molecule has 27 heavy (non-hydrogen) atoms. The van der Waals surface area contributed by atoms with Crippen LogP contribution >= 0.6 is 34.9 Å². The second-order valence-corrected chi connectivity index (χ2v) is 8.56. The van der Waals surface area contributed by atoms with Crippen LogP contribution in [0, 0.1) is 11.3 Å². The van der Waals surface area contributed by atoms with Crippen molar-refractivity contribution in [3.63, 3.8) is 0 Å². The molecule has 3 nitrogen and oxygen atoms in total. The Morgan fingerprint density at radius 1 is 1.41 bits per heavy atom. The van der Waals surface area contributed by atoms with E-state index in [-0.39, 0.29) is 11.7 Å². The van der Waals surface area contributed by atoms with E-state index in [9.17, 15) is 10.1 Å². The SMILES string of the molecule is C=CCc1sccc1C(=S)c1cc2n(c1C(=O)c1ccsc1)CCC2C#N. The van der Waals surface area contributed by atoms with Crippen molar-refractivity contribution in [1.82, 2.24) is 4.57 Å². The highest BCUT2D eigenvalue weighted by atomic mass is 32.1. The highest BCUT2D eigenvalue weighted by Crippen LogP contribution is 2.35. The molecule has 0 N–H and O–H groups in total. The summed E-state index contributed by atoms with van der Waals surface area (Å²) >= 11 is 8.97. The summed E-state index contributed by atoms with van der Waals surface area (Å²) in [6.07, 6.45) is 3.35. The van der Waals surface area contributed by atoms with Gasteiger partial charge in [0.1, 0.15) is 0 Å². The third kappa shape index (κ3) is 3.02. The topological polar surface area (TPSA) is 45.8 Å². The molecule has 1 aliphatic heterocycles. The Morgan fingerprint density at radius 2 is 2.26 bits per heavy atom. The van der Waals surface area contributed by atoms with E-state index in [2.05, 4.69) is 12.6 Å². The van der Waals surface area contributed by atoms with Crippen molar-refractivity contribution in [2.24, 2.45) is 0 Å².